The standard InChI is InChI=1S/C19H21NO2/c1-3-22-19(21)14(2)20-12-15-8-4-6-10-17(15)18-11-7-5-9-16(18)13-20/h4-11,14H,3,12-13H2,1-2H3/t14-/m0/s1. The molecule has 0 saturated carbocycles. The Morgan fingerprint density at radius 1 is 1.05 bits per heavy atom. The van der Waals surface area contributed by atoms with Crippen molar-refractivity contribution in [2.45, 2.75) is 33.0 Å². The van der Waals surface area contributed by atoms with Crippen LogP contribution in [0.2, 0.25) is 0 Å². The van der Waals surface area contributed by atoms with Crippen molar-refractivity contribution in [3.05, 3.63) is 59.7 Å². The van der Waals surface area contributed by atoms with Crippen LogP contribution in [-0.4, -0.2) is 23.5 Å². The van der Waals surface area contributed by atoms with Gasteiger partial charge in [-0.15, -0.1) is 0 Å². The number of hydrogen-bond acceptors (Lipinski definition) is 3. The molecule has 3 heteroatoms. The topological polar surface area (TPSA) is 29.5 Å². The van der Waals surface area contributed by atoms with E-state index in [0.29, 0.717) is 6.61 Å². The van der Waals surface area contributed by atoms with Crippen molar-refractivity contribution in [1.29, 1.82) is 0 Å². The third-order valence-corrected chi connectivity index (χ3v) is 4.25. The van der Waals surface area contributed by atoms with Gasteiger partial charge in [0.1, 0.15) is 6.04 Å². The number of benzene rings is 2. The van der Waals surface area contributed by atoms with Crippen LogP contribution in [0.15, 0.2) is 48.5 Å². The SMILES string of the molecule is CCOC(=O)[C@H](C)N1Cc2ccccc2-c2ccccc2C1. The molecule has 0 N–H and O–H groups in total. The second-order valence-corrected chi connectivity index (χ2v) is 5.65. The van der Waals surface area contributed by atoms with E-state index in [1.807, 2.05) is 13.8 Å². The summed E-state index contributed by atoms with van der Waals surface area (Å²) < 4.78 is 5.19. The van der Waals surface area contributed by atoms with Crippen molar-refractivity contribution in [2.75, 3.05) is 6.61 Å². The van der Waals surface area contributed by atoms with Crippen molar-refractivity contribution in [3.63, 3.8) is 0 Å². The highest BCUT2D eigenvalue weighted by Crippen LogP contribution is 2.33. The lowest BCUT2D eigenvalue weighted by Crippen LogP contribution is -2.38. The maximum Gasteiger partial charge on any atom is 0.323 e. The van der Waals surface area contributed by atoms with Gasteiger partial charge in [-0.3, -0.25) is 9.69 Å². The summed E-state index contributed by atoms with van der Waals surface area (Å²) in [7, 11) is 0. The van der Waals surface area contributed by atoms with E-state index in [1.165, 1.54) is 22.3 Å². The largest absolute Gasteiger partial charge is 0.465 e. The first-order valence-corrected chi connectivity index (χ1v) is 7.77. The molecule has 0 amide bonds. The van der Waals surface area contributed by atoms with Gasteiger partial charge in [0.05, 0.1) is 6.61 Å². The fourth-order valence-electron chi connectivity index (χ4n) is 3.02. The Morgan fingerprint density at radius 2 is 1.55 bits per heavy atom. The van der Waals surface area contributed by atoms with Crippen molar-refractivity contribution in [2.24, 2.45) is 0 Å². The summed E-state index contributed by atoms with van der Waals surface area (Å²) in [4.78, 5) is 14.3. The summed E-state index contributed by atoms with van der Waals surface area (Å²) >= 11 is 0. The molecule has 0 radical (unpaired) electrons. The molecular formula is C19H21NO2. The van der Waals surface area contributed by atoms with Gasteiger partial charge >= 0.3 is 5.97 Å². The van der Waals surface area contributed by atoms with Gasteiger partial charge in [0.25, 0.3) is 0 Å². The van der Waals surface area contributed by atoms with Crippen LogP contribution in [0.4, 0.5) is 0 Å². The number of hydrogen-bond donors (Lipinski definition) is 0. The molecule has 1 atom stereocenters. The Morgan fingerprint density at radius 3 is 2.05 bits per heavy atom. The third kappa shape index (κ3) is 2.77. The van der Waals surface area contributed by atoms with Crippen molar-refractivity contribution >= 4 is 5.97 Å². The van der Waals surface area contributed by atoms with Crippen LogP contribution in [-0.2, 0) is 22.6 Å². The molecule has 22 heavy (non-hydrogen) atoms. The smallest absolute Gasteiger partial charge is 0.323 e. The summed E-state index contributed by atoms with van der Waals surface area (Å²) in [6.07, 6.45) is 0. The quantitative estimate of drug-likeness (QED) is 0.810. The Kier molecular flexibility index (Phi) is 4.25. The molecular weight excluding hydrogens is 274 g/mol. The van der Waals surface area contributed by atoms with Gasteiger partial charge in [-0.25, -0.2) is 0 Å². The first-order valence-electron chi connectivity index (χ1n) is 7.77. The van der Waals surface area contributed by atoms with E-state index in [9.17, 15) is 4.79 Å². The molecule has 3 nitrogen and oxygen atoms in total. The van der Waals surface area contributed by atoms with Gasteiger partial charge in [0.15, 0.2) is 0 Å². The Balaban J connectivity index is 2.00. The molecule has 0 fully saturated rings. The first kappa shape index (κ1) is 14.8. The van der Waals surface area contributed by atoms with E-state index in [4.69, 9.17) is 4.74 Å². The van der Waals surface area contributed by atoms with Crippen molar-refractivity contribution < 1.29 is 9.53 Å². The number of rotatable bonds is 3. The minimum Gasteiger partial charge on any atom is -0.465 e. The zero-order valence-corrected chi connectivity index (χ0v) is 13.1. The van der Waals surface area contributed by atoms with Crippen LogP contribution >= 0.6 is 0 Å². The number of carbonyl (C=O) groups excluding carboxylic acids is 1. The van der Waals surface area contributed by atoms with E-state index in [-0.39, 0.29) is 12.0 Å². The molecule has 2 aromatic carbocycles. The summed E-state index contributed by atoms with van der Waals surface area (Å²) in [5.74, 6) is -0.153. The molecule has 114 valence electrons. The lowest BCUT2D eigenvalue weighted by molar-refractivity contribution is -0.149. The fraction of sp³-hybridized carbons (Fsp3) is 0.316. The Labute approximate surface area is 131 Å². The molecule has 1 aliphatic rings. The van der Waals surface area contributed by atoms with Crippen LogP contribution in [0.1, 0.15) is 25.0 Å². The van der Waals surface area contributed by atoms with Crippen LogP contribution in [0.3, 0.4) is 0 Å². The van der Waals surface area contributed by atoms with E-state index in [1.54, 1.807) is 0 Å². The van der Waals surface area contributed by atoms with Gasteiger partial charge in [0, 0.05) is 13.1 Å². The highest BCUT2D eigenvalue weighted by atomic mass is 16.5. The average molecular weight is 295 g/mol. The molecule has 0 aliphatic carbocycles. The predicted octanol–water partition coefficient (Wildman–Crippen LogP) is 3.62. The van der Waals surface area contributed by atoms with E-state index in [0.717, 1.165) is 13.1 Å². The summed E-state index contributed by atoms with van der Waals surface area (Å²) in [5.41, 5.74) is 5.03. The molecule has 0 unspecified atom stereocenters. The molecule has 3 rings (SSSR count). The monoisotopic (exact) mass is 295 g/mol. The average Bonchev–Trinajstić information content (AvgIpc) is 2.71. The van der Waals surface area contributed by atoms with Crippen molar-refractivity contribution in [3.8, 4) is 11.1 Å². The molecule has 0 bridgehead atoms. The minimum atomic E-state index is -0.251. The third-order valence-electron chi connectivity index (χ3n) is 4.25. The van der Waals surface area contributed by atoms with E-state index < -0.39 is 0 Å². The first-order chi connectivity index (χ1) is 10.7. The molecule has 1 heterocycles. The van der Waals surface area contributed by atoms with Gasteiger partial charge in [0.2, 0.25) is 0 Å². The highest BCUT2D eigenvalue weighted by molar-refractivity contribution is 5.76. The fourth-order valence-corrected chi connectivity index (χ4v) is 3.02. The normalized spacial score (nSPS) is 15.4. The molecule has 1 aliphatic heterocycles. The second kappa shape index (κ2) is 6.32. The maximum atomic E-state index is 12.1. The lowest BCUT2D eigenvalue weighted by Gasteiger charge is -2.26. The van der Waals surface area contributed by atoms with Gasteiger partial charge in [-0.1, -0.05) is 48.5 Å². The Hall–Kier alpha value is -2.13. The molecule has 0 saturated heterocycles. The molecule has 0 aromatic heterocycles. The summed E-state index contributed by atoms with van der Waals surface area (Å²) in [6.45, 7) is 5.70. The van der Waals surface area contributed by atoms with Gasteiger partial charge in [-0.05, 0) is 36.1 Å². The number of fused-ring (bicyclic) bond motifs is 3. The van der Waals surface area contributed by atoms with Crippen molar-refractivity contribution in [1.82, 2.24) is 4.90 Å². The molecule has 2 aromatic rings. The van der Waals surface area contributed by atoms with E-state index in [2.05, 4.69) is 53.4 Å². The number of nitrogens with zero attached hydrogens (tertiary/aromatic N) is 1. The second-order valence-electron chi connectivity index (χ2n) is 5.65. The van der Waals surface area contributed by atoms with Crippen LogP contribution in [0.5, 0.6) is 0 Å². The highest BCUT2D eigenvalue weighted by Gasteiger charge is 2.26. The number of ether oxygens (including phenoxy) is 1. The zero-order chi connectivity index (χ0) is 15.5. The lowest BCUT2D eigenvalue weighted by atomic mass is 9.97. The van der Waals surface area contributed by atoms with E-state index >= 15 is 0 Å². The number of carbonyl (C=O) groups is 1. The summed E-state index contributed by atoms with van der Waals surface area (Å²) in [6, 6.07) is 16.6. The maximum absolute atomic E-state index is 12.1. The van der Waals surface area contributed by atoms with Crippen LogP contribution in [0, 0.1) is 0 Å². The van der Waals surface area contributed by atoms with Gasteiger partial charge in [-0.2, -0.15) is 0 Å². The van der Waals surface area contributed by atoms with Crippen LogP contribution in [0.25, 0.3) is 11.1 Å². The molecule has 0 spiro atoms. The Bertz CT molecular complexity index is 633. The van der Waals surface area contributed by atoms with Gasteiger partial charge < -0.3 is 4.74 Å². The summed E-state index contributed by atoms with van der Waals surface area (Å²) in [5, 5.41) is 0. The minimum absolute atomic E-state index is 0.153. The predicted molar refractivity (Wildman–Crippen MR) is 87.2 cm³/mol. The van der Waals surface area contributed by atoms with Crippen LogP contribution < -0.4 is 0 Å². The number of esters is 1. The zero-order valence-electron chi connectivity index (χ0n) is 13.1.